The third-order valence-electron chi connectivity index (χ3n) is 2.16. The summed E-state index contributed by atoms with van der Waals surface area (Å²) in [6, 6.07) is 9.58. The van der Waals surface area contributed by atoms with Crippen molar-refractivity contribution in [3.63, 3.8) is 0 Å². The number of hydrogen-bond donors (Lipinski definition) is 1. The quantitative estimate of drug-likeness (QED) is 0.853. The van der Waals surface area contributed by atoms with E-state index in [-0.39, 0.29) is 6.42 Å². The van der Waals surface area contributed by atoms with E-state index in [0.29, 0.717) is 18.1 Å². The molecular weight excluding hydrogens is 206 g/mol. The van der Waals surface area contributed by atoms with Crippen molar-refractivity contribution >= 4 is 5.97 Å². The van der Waals surface area contributed by atoms with Crippen LogP contribution < -0.4 is 0 Å². The van der Waals surface area contributed by atoms with E-state index in [1.807, 2.05) is 30.3 Å². The number of aryl methyl sites for hydroxylation is 1. The molecule has 1 aromatic carbocycles. The number of hydrogen-bond acceptors (Lipinski definition) is 3. The SMILES string of the molecule is O=C(O)CCc1ncc(-c2ccccc2)o1. The number of carbonyl (C=O) groups is 1. The molecular formula is C12H11NO3. The molecule has 0 aliphatic rings. The Hall–Kier alpha value is -2.10. The molecule has 0 saturated carbocycles. The van der Waals surface area contributed by atoms with Gasteiger partial charge in [0.2, 0.25) is 0 Å². The fourth-order valence-electron chi connectivity index (χ4n) is 1.38. The topological polar surface area (TPSA) is 63.3 Å². The Morgan fingerprint density at radius 2 is 2.06 bits per heavy atom. The van der Waals surface area contributed by atoms with Gasteiger partial charge in [-0.2, -0.15) is 0 Å². The van der Waals surface area contributed by atoms with Crippen LogP contribution in [0.2, 0.25) is 0 Å². The Labute approximate surface area is 92.6 Å². The van der Waals surface area contributed by atoms with Gasteiger partial charge in [0.1, 0.15) is 0 Å². The van der Waals surface area contributed by atoms with E-state index in [1.165, 1.54) is 0 Å². The zero-order chi connectivity index (χ0) is 11.4. The first kappa shape index (κ1) is 10.4. The maximum atomic E-state index is 10.4. The number of aromatic nitrogens is 1. The van der Waals surface area contributed by atoms with Gasteiger partial charge in [-0.3, -0.25) is 4.79 Å². The number of oxazole rings is 1. The predicted octanol–water partition coefficient (Wildman–Crippen LogP) is 2.36. The molecule has 0 bridgehead atoms. The fourth-order valence-corrected chi connectivity index (χ4v) is 1.38. The predicted molar refractivity (Wildman–Crippen MR) is 57.9 cm³/mol. The summed E-state index contributed by atoms with van der Waals surface area (Å²) in [5.74, 6) is 0.279. The molecule has 2 aromatic rings. The van der Waals surface area contributed by atoms with Crippen molar-refractivity contribution in [1.29, 1.82) is 0 Å². The standard InChI is InChI=1S/C12H11NO3/c14-12(15)7-6-11-13-8-10(16-11)9-4-2-1-3-5-9/h1-5,8H,6-7H2,(H,14,15). The highest BCUT2D eigenvalue weighted by molar-refractivity contribution is 5.66. The van der Waals surface area contributed by atoms with Crippen LogP contribution in [0.25, 0.3) is 11.3 Å². The average Bonchev–Trinajstić information content (AvgIpc) is 2.76. The van der Waals surface area contributed by atoms with Crippen LogP contribution in [0.4, 0.5) is 0 Å². The number of carboxylic acids is 1. The van der Waals surface area contributed by atoms with E-state index in [9.17, 15) is 4.79 Å². The van der Waals surface area contributed by atoms with Crippen molar-refractivity contribution in [2.24, 2.45) is 0 Å². The van der Waals surface area contributed by atoms with Crippen LogP contribution in [0.5, 0.6) is 0 Å². The summed E-state index contributed by atoms with van der Waals surface area (Å²) in [6.45, 7) is 0. The molecule has 2 rings (SSSR count). The van der Waals surface area contributed by atoms with E-state index in [1.54, 1.807) is 6.20 Å². The van der Waals surface area contributed by atoms with Crippen LogP contribution in [0.3, 0.4) is 0 Å². The maximum absolute atomic E-state index is 10.4. The van der Waals surface area contributed by atoms with Crippen LogP contribution in [0.1, 0.15) is 12.3 Å². The van der Waals surface area contributed by atoms with Gasteiger partial charge in [-0.25, -0.2) is 4.98 Å². The normalized spacial score (nSPS) is 10.2. The van der Waals surface area contributed by atoms with Crippen molar-refractivity contribution in [3.05, 3.63) is 42.4 Å². The van der Waals surface area contributed by atoms with Crippen molar-refractivity contribution in [2.45, 2.75) is 12.8 Å². The first-order chi connectivity index (χ1) is 7.75. The van der Waals surface area contributed by atoms with Crippen molar-refractivity contribution in [1.82, 2.24) is 4.98 Å². The molecule has 0 spiro atoms. The smallest absolute Gasteiger partial charge is 0.303 e. The molecule has 0 amide bonds. The summed E-state index contributed by atoms with van der Waals surface area (Å²) in [5.41, 5.74) is 0.941. The molecule has 1 N–H and O–H groups in total. The van der Waals surface area contributed by atoms with E-state index in [2.05, 4.69) is 4.98 Å². The lowest BCUT2D eigenvalue weighted by Crippen LogP contribution is -1.97. The third-order valence-corrected chi connectivity index (χ3v) is 2.16. The lowest BCUT2D eigenvalue weighted by Gasteiger charge is -1.94. The van der Waals surface area contributed by atoms with Crippen molar-refractivity contribution in [3.8, 4) is 11.3 Å². The minimum Gasteiger partial charge on any atom is -0.481 e. The van der Waals surface area contributed by atoms with Gasteiger partial charge in [0, 0.05) is 12.0 Å². The molecule has 4 nitrogen and oxygen atoms in total. The molecule has 0 saturated heterocycles. The van der Waals surface area contributed by atoms with Gasteiger partial charge in [-0.15, -0.1) is 0 Å². The Morgan fingerprint density at radius 3 is 2.75 bits per heavy atom. The number of aliphatic carboxylic acids is 1. The number of carboxylic acid groups (broad SMARTS) is 1. The molecule has 1 heterocycles. The number of nitrogens with zero attached hydrogens (tertiary/aromatic N) is 1. The number of benzene rings is 1. The first-order valence-electron chi connectivity index (χ1n) is 4.97. The third kappa shape index (κ3) is 2.48. The van der Waals surface area contributed by atoms with E-state index >= 15 is 0 Å². The molecule has 0 fully saturated rings. The van der Waals surface area contributed by atoms with Crippen LogP contribution in [-0.2, 0) is 11.2 Å². The summed E-state index contributed by atoms with van der Waals surface area (Å²) in [6.07, 6.45) is 1.98. The van der Waals surface area contributed by atoms with Crippen LogP contribution in [0.15, 0.2) is 40.9 Å². The van der Waals surface area contributed by atoms with Crippen LogP contribution in [0, 0.1) is 0 Å². The highest BCUT2D eigenvalue weighted by Gasteiger charge is 2.07. The zero-order valence-corrected chi connectivity index (χ0v) is 8.59. The second-order valence-electron chi connectivity index (χ2n) is 3.38. The highest BCUT2D eigenvalue weighted by atomic mass is 16.4. The molecule has 16 heavy (non-hydrogen) atoms. The molecule has 0 aliphatic heterocycles. The maximum Gasteiger partial charge on any atom is 0.303 e. The van der Waals surface area contributed by atoms with Gasteiger partial charge >= 0.3 is 5.97 Å². The Kier molecular flexibility index (Phi) is 3.00. The zero-order valence-electron chi connectivity index (χ0n) is 8.59. The molecule has 4 heteroatoms. The van der Waals surface area contributed by atoms with Gasteiger partial charge in [0.15, 0.2) is 11.7 Å². The Morgan fingerprint density at radius 1 is 1.31 bits per heavy atom. The molecule has 0 radical (unpaired) electrons. The Balaban J connectivity index is 2.11. The van der Waals surface area contributed by atoms with Crippen LogP contribution in [-0.4, -0.2) is 16.1 Å². The van der Waals surface area contributed by atoms with E-state index < -0.39 is 5.97 Å². The fraction of sp³-hybridized carbons (Fsp3) is 0.167. The van der Waals surface area contributed by atoms with Crippen LogP contribution >= 0.6 is 0 Å². The second-order valence-corrected chi connectivity index (χ2v) is 3.38. The second kappa shape index (κ2) is 4.61. The molecule has 1 aromatic heterocycles. The lowest BCUT2D eigenvalue weighted by atomic mass is 10.2. The molecule has 0 aliphatic carbocycles. The van der Waals surface area contributed by atoms with E-state index in [0.717, 1.165) is 5.56 Å². The van der Waals surface area contributed by atoms with Gasteiger partial charge in [-0.05, 0) is 0 Å². The Bertz CT molecular complexity index is 476. The highest BCUT2D eigenvalue weighted by Crippen LogP contribution is 2.20. The van der Waals surface area contributed by atoms with Gasteiger partial charge in [0.25, 0.3) is 0 Å². The monoisotopic (exact) mass is 217 g/mol. The molecule has 0 unspecified atom stereocenters. The summed E-state index contributed by atoms with van der Waals surface area (Å²) < 4.78 is 5.45. The van der Waals surface area contributed by atoms with Gasteiger partial charge < -0.3 is 9.52 Å². The average molecular weight is 217 g/mol. The minimum absolute atomic E-state index is 0.0365. The molecule has 82 valence electrons. The summed E-state index contributed by atoms with van der Waals surface area (Å²) in [7, 11) is 0. The van der Waals surface area contributed by atoms with Gasteiger partial charge in [0.05, 0.1) is 12.6 Å². The first-order valence-corrected chi connectivity index (χ1v) is 4.97. The van der Waals surface area contributed by atoms with E-state index in [4.69, 9.17) is 9.52 Å². The molecule has 0 atom stereocenters. The summed E-state index contributed by atoms with van der Waals surface area (Å²) in [5, 5.41) is 8.53. The minimum atomic E-state index is -0.848. The lowest BCUT2D eigenvalue weighted by molar-refractivity contribution is -0.137. The number of rotatable bonds is 4. The largest absolute Gasteiger partial charge is 0.481 e. The summed E-state index contributed by atoms with van der Waals surface area (Å²) >= 11 is 0. The van der Waals surface area contributed by atoms with Gasteiger partial charge in [-0.1, -0.05) is 30.3 Å². The summed E-state index contributed by atoms with van der Waals surface area (Å²) in [4.78, 5) is 14.4. The van der Waals surface area contributed by atoms with Crippen molar-refractivity contribution in [2.75, 3.05) is 0 Å². The van der Waals surface area contributed by atoms with Crippen molar-refractivity contribution < 1.29 is 14.3 Å².